The van der Waals surface area contributed by atoms with Gasteiger partial charge in [0.15, 0.2) is 0 Å². The Hall–Kier alpha value is -2.15. The summed E-state index contributed by atoms with van der Waals surface area (Å²) in [4.78, 5) is 11.8. The Morgan fingerprint density at radius 3 is 2.19 bits per heavy atom. The molecule has 7 heteroatoms. The molecule has 3 nitrogen and oxygen atoms in total. The zero-order valence-electron chi connectivity index (χ0n) is 15.5. The van der Waals surface area contributed by atoms with E-state index in [1.54, 1.807) is 11.8 Å². The van der Waals surface area contributed by atoms with E-state index >= 15 is 0 Å². The van der Waals surface area contributed by atoms with Gasteiger partial charge in [-0.1, -0.05) is 17.7 Å². The molecule has 0 radical (unpaired) electrons. The second-order valence-corrected chi connectivity index (χ2v) is 7.49. The monoisotopic (exact) mass is 396 g/mol. The molecule has 2 aromatic rings. The first-order valence-corrected chi connectivity index (χ1v) is 9.69. The molecule has 0 saturated carbocycles. The molecule has 2 N–H and O–H groups in total. The van der Waals surface area contributed by atoms with Crippen molar-refractivity contribution < 1.29 is 18.0 Å². The molecule has 0 spiro atoms. The van der Waals surface area contributed by atoms with E-state index in [9.17, 15) is 18.0 Å². The molecule has 0 aliphatic rings. The normalized spacial score (nSPS) is 11.3. The third-order valence-electron chi connectivity index (χ3n) is 4.09. The van der Waals surface area contributed by atoms with E-state index in [1.165, 1.54) is 34.4 Å². The lowest BCUT2D eigenvalue weighted by molar-refractivity contribution is -0.137. The van der Waals surface area contributed by atoms with Crippen LogP contribution in [0.3, 0.4) is 0 Å². The van der Waals surface area contributed by atoms with Crippen LogP contribution in [0.25, 0.3) is 0 Å². The molecule has 0 bridgehead atoms. The highest BCUT2D eigenvalue weighted by Crippen LogP contribution is 2.29. The fourth-order valence-corrected chi connectivity index (χ4v) is 3.82. The zero-order chi connectivity index (χ0) is 20.0. The number of anilines is 1. The Morgan fingerprint density at radius 1 is 1.04 bits per heavy atom. The highest BCUT2D eigenvalue weighted by molar-refractivity contribution is 7.98. The molecular formula is C20H23F3N2OS. The Morgan fingerprint density at radius 2 is 1.63 bits per heavy atom. The van der Waals surface area contributed by atoms with Crippen LogP contribution in [-0.2, 0) is 11.9 Å². The van der Waals surface area contributed by atoms with Crippen LogP contribution in [0.15, 0.2) is 36.4 Å². The van der Waals surface area contributed by atoms with E-state index < -0.39 is 17.8 Å². The molecular weight excluding hydrogens is 373 g/mol. The van der Waals surface area contributed by atoms with Crippen molar-refractivity contribution in [1.29, 1.82) is 0 Å². The van der Waals surface area contributed by atoms with E-state index in [0.717, 1.165) is 23.6 Å². The van der Waals surface area contributed by atoms with Gasteiger partial charge in [0.05, 0.1) is 5.56 Å². The van der Waals surface area contributed by atoms with Crippen LogP contribution in [-0.4, -0.2) is 18.3 Å². The van der Waals surface area contributed by atoms with Crippen molar-refractivity contribution in [2.45, 2.75) is 32.7 Å². The molecule has 0 heterocycles. The van der Waals surface area contributed by atoms with Crippen LogP contribution in [0, 0.1) is 20.8 Å². The fourth-order valence-electron chi connectivity index (χ4n) is 2.77. The summed E-state index contributed by atoms with van der Waals surface area (Å²) in [6.45, 7) is 6.76. The second kappa shape index (κ2) is 9.17. The Balaban J connectivity index is 1.72. The lowest BCUT2D eigenvalue weighted by atomic mass is 10.0. The number of carbonyl (C=O) groups excluding carboxylic acids is 1. The van der Waals surface area contributed by atoms with Gasteiger partial charge in [0.25, 0.3) is 0 Å². The van der Waals surface area contributed by atoms with Gasteiger partial charge in [-0.25, -0.2) is 4.79 Å². The highest BCUT2D eigenvalue weighted by atomic mass is 32.2. The predicted octanol–water partition coefficient (Wildman–Crippen LogP) is 5.69. The summed E-state index contributed by atoms with van der Waals surface area (Å²) in [5, 5.41) is 5.23. The van der Waals surface area contributed by atoms with E-state index in [-0.39, 0.29) is 0 Å². The molecule has 0 aliphatic carbocycles. The van der Waals surface area contributed by atoms with Gasteiger partial charge in [-0.15, -0.1) is 0 Å². The Bertz CT molecular complexity index is 766. The number of aryl methyl sites for hydroxylation is 3. The van der Waals surface area contributed by atoms with E-state index in [4.69, 9.17) is 0 Å². The van der Waals surface area contributed by atoms with Crippen molar-refractivity contribution in [3.8, 4) is 0 Å². The molecule has 0 fully saturated rings. The SMILES string of the molecule is Cc1cc(C)c(CSCCNC(=O)Nc2ccc(C(F)(F)F)cc2)c(C)c1. The minimum atomic E-state index is -4.38. The molecule has 2 amide bonds. The number of urea groups is 1. The number of hydrogen-bond acceptors (Lipinski definition) is 2. The zero-order valence-corrected chi connectivity index (χ0v) is 16.4. The van der Waals surface area contributed by atoms with Crippen molar-refractivity contribution in [2.75, 3.05) is 17.6 Å². The minimum Gasteiger partial charge on any atom is -0.337 e. The first kappa shape index (κ1) is 21.2. The molecule has 0 aromatic heterocycles. The van der Waals surface area contributed by atoms with Crippen LogP contribution >= 0.6 is 11.8 Å². The van der Waals surface area contributed by atoms with Gasteiger partial charge in [0, 0.05) is 23.7 Å². The maximum atomic E-state index is 12.5. The van der Waals surface area contributed by atoms with Gasteiger partial charge in [-0.2, -0.15) is 24.9 Å². The van der Waals surface area contributed by atoms with E-state index in [1.807, 2.05) is 0 Å². The largest absolute Gasteiger partial charge is 0.416 e. The summed E-state index contributed by atoms with van der Waals surface area (Å²) in [5.41, 5.74) is 4.69. The summed E-state index contributed by atoms with van der Waals surface area (Å²) in [7, 11) is 0. The molecule has 0 atom stereocenters. The van der Waals surface area contributed by atoms with Crippen LogP contribution in [0.1, 0.15) is 27.8 Å². The maximum Gasteiger partial charge on any atom is 0.416 e. The maximum absolute atomic E-state index is 12.5. The number of amides is 2. The van der Waals surface area contributed by atoms with Gasteiger partial charge in [-0.3, -0.25) is 0 Å². The van der Waals surface area contributed by atoms with Gasteiger partial charge >= 0.3 is 12.2 Å². The summed E-state index contributed by atoms with van der Waals surface area (Å²) in [5.74, 6) is 1.62. The third kappa shape index (κ3) is 6.50. The average molecular weight is 396 g/mol. The Kier molecular flexibility index (Phi) is 7.18. The minimum absolute atomic E-state index is 0.319. The van der Waals surface area contributed by atoms with Gasteiger partial charge < -0.3 is 10.6 Å². The van der Waals surface area contributed by atoms with Gasteiger partial charge in [0.2, 0.25) is 0 Å². The molecule has 2 aromatic carbocycles. The van der Waals surface area contributed by atoms with Crippen molar-refractivity contribution in [3.05, 3.63) is 64.2 Å². The number of halogens is 3. The number of alkyl halides is 3. The van der Waals surface area contributed by atoms with E-state index in [2.05, 4.69) is 43.5 Å². The van der Waals surface area contributed by atoms with Crippen LogP contribution in [0.5, 0.6) is 0 Å². The average Bonchev–Trinajstić information content (AvgIpc) is 2.56. The van der Waals surface area contributed by atoms with Crippen molar-refractivity contribution in [3.63, 3.8) is 0 Å². The summed E-state index contributed by atoms with van der Waals surface area (Å²) in [6.07, 6.45) is -4.38. The molecule has 2 rings (SSSR count). The quantitative estimate of drug-likeness (QED) is 0.616. The first-order valence-electron chi connectivity index (χ1n) is 8.53. The lowest BCUT2D eigenvalue weighted by Crippen LogP contribution is -2.30. The van der Waals surface area contributed by atoms with Crippen molar-refractivity contribution >= 4 is 23.5 Å². The third-order valence-corrected chi connectivity index (χ3v) is 5.07. The van der Waals surface area contributed by atoms with Crippen molar-refractivity contribution in [1.82, 2.24) is 5.32 Å². The number of carbonyl (C=O) groups is 1. The van der Waals surface area contributed by atoms with Crippen LogP contribution in [0.2, 0.25) is 0 Å². The first-order chi connectivity index (χ1) is 12.7. The summed E-state index contributed by atoms with van der Waals surface area (Å²) >= 11 is 1.73. The molecule has 146 valence electrons. The topological polar surface area (TPSA) is 41.1 Å². The van der Waals surface area contributed by atoms with Crippen LogP contribution in [0.4, 0.5) is 23.7 Å². The molecule has 0 saturated heterocycles. The number of benzene rings is 2. The highest BCUT2D eigenvalue weighted by Gasteiger charge is 2.29. The molecule has 27 heavy (non-hydrogen) atoms. The van der Waals surface area contributed by atoms with Crippen molar-refractivity contribution in [2.24, 2.45) is 0 Å². The van der Waals surface area contributed by atoms with Gasteiger partial charge in [-0.05, 0) is 61.7 Å². The summed E-state index contributed by atoms with van der Waals surface area (Å²) in [6, 6.07) is 8.26. The lowest BCUT2D eigenvalue weighted by Gasteiger charge is -2.12. The number of hydrogen-bond donors (Lipinski definition) is 2. The number of thioether (sulfide) groups is 1. The molecule has 0 aliphatic heterocycles. The number of nitrogens with one attached hydrogen (secondary N) is 2. The smallest absolute Gasteiger partial charge is 0.337 e. The number of rotatable bonds is 6. The fraction of sp³-hybridized carbons (Fsp3) is 0.350. The second-order valence-electron chi connectivity index (χ2n) is 6.39. The van der Waals surface area contributed by atoms with E-state index in [0.29, 0.717) is 12.2 Å². The van der Waals surface area contributed by atoms with Crippen LogP contribution < -0.4 is 10.6 Å². The summed E-state index contributed by atoms with van der Waals surface area (Å²) < 4.78 is 37.5. The standard InChI is InChI=1S/C20H23F3N2OS/c1-13-10-14(2)18(15(3)11-13)12-27-9-8-24-19(26)25-17-6-4-16(5-7-17)20(21,22)23/h4-7,10-11H,8-9,12H2,1-3H3,(H2,24,25,26). The van der Waals surface area contributed by atoms with Gasteiger partial charge in [0.1, 0.15) is 0 Å². The predicted molar refractivity (Wildman–Crippen MR) is 105 cm³/mol. The Labute approximate surface area is 161 Å². The molecule has 0 unspecified atom stereocenters.